The maximum Gasteiger partial charge on any atom is 0.243 e. The Morgan fingerprint density at radius 3 is 2.36 bits per heavy atom. The number of hydrogen-bond acceptors (Lipinski definition) is 5. The molecular formula is C21H22N2O4S. The molecule has 0 aliphatic heterocycles. The first-order valence-electron chi connectivity index (χ1n) is 8.60. The number of methoxy groups -OCH3 is 2. The molecule has 0 saturated carbocycles. The molecule has 3 aromatic carbocycles. The van der Waals surface area contributed by atoms with Crippen LogP contribution in [0.15, 0.2) is 71.6 Å². The second kappa shape index (κ2) is 8.33. The van der Waals surface area contributed by atoms with E-state index in [-0.39, 0.29) is 17.1 Å². The lowest BCUT2D eigenvalue weighted by Gasteiger charge is -2.15. The van der Waals surface area contributed by atoms with E-state index in [1.165, 1.54) is 7.11 Å². The fraction of sp³-hybridized carbons (Fsp3) is 0.143. The molecule has 0 atom stereocenters. The van der Waals surface area contributed by atoms with Crippen molar-refractivity contribution in [1.82, 2.24) is 4.72 Å². The predicted molar refractivity (Wildman–Crippen MR) is 110 cm³/mol. The van der Waals surface area contributed by atoms with E-state index < -0.39 is 10.0 Å². The fourth-order valence-electron chi connectivity index (χ4n) is 2.94. The van der Waals surface area contributed by atoms with E-state index in [0.717, 1.165) is 5.56 Å². The molecule has 0 aromatic heterocycles. The Morgan fingerprint density at radius 2 is 1.68 bits per heavy atom. The van der Waals surface area contributed by atoms with Crippen LogP contribution >= 0.6 is 0 Å². The van der Waals surface area contributed by atoms with E-state index >= 15 is 0 Å². The Hall–Kier alpha value is -3.03. The lowest BCUT2D eigenvalue weighted by molar-refractivity contribution is 0.390. The van der Waals surface area contributed by atoms with Gasteiger partial charge >= 0.3 is 0 Å². The van der Waals surface area contributed by atoms with Crippen LogP contribution in [0.25, 0.3) is 11.1 Å². The molecule has 0 aliphatic carbocycles. The molecule has 0 spiro atoms. The molecule has 28 heavy (non-hydrogen) atoms. The van der Waals surface area contributed by atoms with Gasteiger partial charge in [0.25, 0.3) is 0 Å². The lowest BCUT2D eigenvalue weighted by Crippen LogP contribution is -2.25. The van der Waals surface area contributed by atoms with Crippen LogP contribution in [0, 0.1) is 0 Å². The van der Waals surface area contributed by atoms with E-state index in [0.29, 0.717) is 22.6 Å². The van der Waals surface area contributed by atoms with Crippen molar-refractivity contribution < 1.29 is 17.9 Å². The van der Waals surface area contributed by atoms with Crippen molar-refractivity contribution in [2.75, 3.05) is 20.0 Å². The number of anilines is 1. The summed E-state index contributed by atoms with van der Waals surface area (Å²) in [6, 6.07) is 19.5. The maximum absolute atomic E-state index is 13.1. The molecule has 3 aromatic rings. The summed E-state index contributed by atoms with van der Waals surface area (Å²) in [4.78, 5) is 0.0636. The number of sulfonamides is 1. The normalized spacial score (nSPS) is 11.2. The third kappa shape index (κ3) is 4.11. The molecule has 6 nitrogen and oxygen atoms in total. The summed E-state index contributed by atoms with van der Waals surface area (Å²) in [6.07, 6.45) is 0. The SMILES string of the molecule is COc1ccc(CNS(=O)(=O)c2c(N)cccc2-c2ccccc2)c(OC)c1. The van der Waals surface area contributed by atoms with E-state index in [2.05, 4.69) is 4.72 Å². The van der Waals surface area contributed by atoms with Crippen molar-refractivity contribution in [1.29, 1.82) is 0 Å². The van der Waals surface area contributed by atoms with Crippen molar-refractivity contribution in [2.45, 2.75) is 11.4 Å². The Labute approximate surface area is 165 Å². The van der Waals surface area contributed by atoms with E-state index in [4.69, 9.17) is 15.2 Å². The van der Waals surface area contributed by atoms with Gasteiger partial charge in [0.2, 0.25) is 10.0 Å². The summed E-state index contributed by atoms with van der Waals surface area (Å²) in [7, 11) is -0.791. The minimum Gasteiger partial charge on any atom is -0.497 e. The second-order valence-electron chi connectivity index (χ2n) is 6.09. The highest BCUT2D eigenvalue weighted by atomic mass is 32.2. The summed E-state index contributed by atoms with van der Waals surface area (Å²) < 4.78 is 39.3. The molecule has 0 fully saturated rings. The summed E-state index contributed by atoms with van der Waals surface area (Å²) in [5.41, 5.74) is 8.25. The second-order valence-corrected chi connectivity index (χ2v) is 7.80. The number of nitrogen functional groups attached to an aromatic ring is 1. The molecule has 0 heterocycles. The van der Waals surface area contributed by atoms with Gasteiger partial charge in [-0.05, 0) is 17.7 Å². The quantitative estimate of drug-likeness (QED) is 0.595. The first kappa shape index (κ1) is 19.7. The highest BCUT2D eigenvalue weighted by Crippen LogP contribution is 2.32. The maximum atomic E-state index is 13.1. The van der Waals surface area contributed by atoms with Gasteiger partial charge in [0.15, 0.2) is 0 Å². The van der Waals surface area contributed by atoms with Crippen molar-refractivity contribution >= 4 is 15.7 Å². The van der Waals surface area contributed by atoms with E-state index in [1.54, 1.807) is 43.5 Å². The van der Waals surface area contributed by atoms with E-state index in [9.17, 15) is 8.42 Å². The summed E-state index contributed by atoms with van der Waals surface area (Å²) in [6.45, 7) is 0.0536. The monoisotopic (exact) mass is 398 g/mol. The van der Waals surface area contributed by atoms with Crippen LogP contribution in [0.5, 0.6) is 11.5 Å². The zero-order valence-electron chi connectivity index (χ0n) is 15.7. The Bertz CT molecular complexity index is 1070. The highest BCUT2D eigenvalue weighted by Gasteiger charge is 2.23. The first-order chi connectivity index (χ1) is 13.5. The van der Waals surface area contributed by atoms with Gasteiger partial charge in [-0.1, -0.05) is 48.5 Å². The Kier molecular flexibility index (Phi) is 5.87. The van der Waals surface area contributed by atoms with Crippen LogP contribution in [0.1, 0.15) is 5.56 Å². The molecule has 3 N–H and O–H groups in total. The molecule has 7 heteroatoms. The van der Waals surface area contributed by atoms with Crippen molar-refractivity contribution in [3.05, 3.63) is 72.3 Å². The van der Waals surface area contributed by atoms with Crippen LogP contribution in [-0.2, 0) is 16.6 Å². The van der Waals surface area contributed by atoms with Crippen molar-refractivity contribution in [3.8, 4) is 22.6 Å². The highest BCUT2D eigenvalue weighted by molar-refractivity contribution is 7.89. The van der Waals surface area contributed by atoms with E-state index in [1.807, 2.05) is 30.3 Å². The van der Waals surface area contributed by atoms with Crippen LogP contribution in [0.2, 0.25) is 0 Å². The van der Waals surface area contributed by atoms with Gasteiger partial charge in [-0.15, -0.1) is 0 Å². The molecule has 0 aliphatic rings. The number of nitrogens with two attached hydrogens (primary N) is 1. The van der Waals surface area contributed by atoms with Crippen LogP contribution < -0.4 is 19.9 Å². The summed E-state index contributed by atoms with van der Waals surface area (Å²) >= 11 is 0. The van der Waals surface area contributed by atoms with Crippen molar-refractivity contribution in [2.24, 2.45) is 0 Å². The van der Waals surface area contributed by atoms with Gasteiger partial charge in [0.1, 0.15) is 16.4 Å². The molecule has 146 valence electrons. The number of nitrogens with one attached hydrogen (secondary N) is 1. The van der Waals surface area contributed by atoms with Crippen LogP contribution in [-0.4, -0.2) is 22.6 Å². The molecule has 0 unspecified atom stereocenters. The smallest absolute Gasteiger partial charge is 0.243 e. The van der Waals surface area contributed by atoms with Gasteiger partial charge in [0, 0.05) is 23.7 Å². The molecule has 0 bridgehead atoms. The van der Waals surface area contributed by atoms with Crippen LogP contribution in [0.4, 0.5) is 5.69 Å². The number of hydrogen-bond donors (Lipinski definition) is 2. The van der Waals surface area contributed by atoms with Gasteiger partial charge in [-0.25, -0.2) is 13.1 Å². The van der Waals surface area contributed by atoms with Crippen molar-refractivity contribution in [3.63, 3.8) is 0 Å². The minimum absolute atomic E-state index is 0.0536. The number of benzene rings is 3. The van der Waals surface area contributed by atoms with Gasteiger partial charge in [-0.2, -0.15) is 0 Å². The Morgan fingerprint density at radius 1 is 0.929 bits per heavy atom. The third-order valence-corrected chi connectivity index (χ3v) is 5.86. The number of rotatable bonds is 7. The molecule has 0 amide bonds. The number of ether oxygens (including phenoxy) is 2. The van der Waals surface area contributed by atoms with Gasteiger partial charge in [0.05, 0.1) is 19.9 Å². The zero-order chi connectivity index (χ0) is 20.1. The predicted octanol–water partition coefficient (Wildman–Crippen LogP) is 3.43. The standard InChI is InChI=1S/C21H22N2O4S/c1-26-17-12-11-16(20(13-17)27-2)14-23-28(24,25)21-18(9-6-10-19(21)22)15-7-4-3-5-8-15/h3-13,23H,14,22H2,1-2H3. The first-order valence-corrected chi connectivity index (χ1v) is 10.1. The minimum atomic E-state index is -3.87. The topological polar surface area (TPSA) is 90.7 Å². The van der Waals surface area contributed by atoms with Crippen LogP contribution in [0.3, 0.4) is 0 Å². The average Bonchev–Trinajstić information content (AvgIpc) is 2.72. The molecular weight excluding hydrogens is 376 g/mol. The largest absolute Gasteiger partial charge is 0.497 e. The summed E-state index contributed by atoms with van der Waals surface area (Å²) in [5.74, 6) is 1.16. The van der Waals surface area contributed by atoms with Gasteiger partial charge < -0.3 is 15.2 Å². The zero-order valence-corrected chi connectivity index (χ0v) is 16.5. The van der Waals surface area contributed by atoms with Gasteiger partial charge in [-0.3, -0.25) is 0 Å². The molecule has 0 radical (unpaired) electrons. The Balaban J connectivity index is 1.95. The lowest BCUT2D eigenvalue weighted by atomic mass is 10.1. The average molecular weight is 398 g/mol. The third-order valence-electron chi connectivity index (χ3n) is 4.35. The molecule has 3 rings (SSSR count). The molecule has 0 saturated heterocycles. The fourth-order valence-corrected chi connectivity index (χ4v) is 4.29. The summed E-state index contributed by atoms with van der Waals surface area (Å²) in [5, 5.41) is 0.